The number of carboxylic acids is 1. The number of allylic oxidation sites excluding steroid dienone is 8. The molecule has 0 aromatic rings. The second-order valence-electron chi connectivity index (χ2n) is 15.2. The molecule has 0 saturated carbocycles. The van der Waals surface area contributed by atoms with Crippen molar-refractivity contribution in [1.82, 2.24) is 0 Å². The number of carboxylic acid groups (broad SMARTS) is 1. The van der Waals surface area contributed by atoms with Gasteiger partial charge in [0, 0.05) is 19.3 Å². The zero-order valence-electron chi connectivity index (χ0n) is 34.7. The fraction of sp³-hybridized carbons (Fsp3) is 0.756. The van der Waals surface area contributed by atoms with Crippen molar-refractivity contribution in [3.8, 4) is 0 Å². The van der Waals surface area contributed by atoms with Crippen molar-refractivity contribution in [2.75, 3.05) is 41.0 Å². The summed E-state index contributed by atoms with van der Waals surface area (Å²) in [4.78, 5) is 36.7. The molecule has 0 radical (unpaired) electrons. The summed E-state index contributed by atoms with van der Waals surface area (Å²) in [5.41, 5.74) is 0. The Bertz CT molecular complexity index is 1010. The van der Waals surface area contributed by atoms with Gasteiger partial charge in [-0.15, -0.1) is 0 Å². The number of quaternary nitrogens is 1. The zero-order valence-corrected chi connectivity index (χ0v) is 34.7. The molecule has 8 nitrogen and oxygen atoms in total. The van der Waals surface area contributed by atoms with Crippen LogP contribution in [-0.4, -0.2) is 75.5 Å². The van der Waals surface area contributed by atoms with Gasteiger partial charge in [-0.25, -0.2) is 0 Å². The van der Waals surface area contributed by atoms with E-state index in [1.54, 1.807) is 21.1 Å². The Kier molecular flexibility index (Phi) is 34.4. The number of hydrogen-bond acceptors (Lipinski definition) is 7. The average Bonchev–Trinajstić information content (AvgIpc) is 3.11. The maximum Gasteiger partial charge on any atom is 0.306 e. The molecule has 2 atom stereocenters. The minimum absolute atomic E-state index is 0.0196. The predicted octanol–water partition coefficient (Wildman–Crippen LogP) is 9.91. The Morgan fingerprint density at radius 2 is 1.02 bits per heavy atom. The minimum atomic E-state index is -1.13. The van der Waals surface area contributed by atoms with Gasteiger partial charge in [0.2, 0.25) is 0 Å². The van der Waals surface area contributed by atoms with Crippen LogP contribution in [-0.2, 0) is 28.6 Å². The molecule has 0 fully saturated rings. The second-order valence-corrected chi connectivity index (χ2v) is 15.2. The lowest BCUT2D eigenvalue weighted by molar-refractivity contribution is -0.889. The first-order valence-electron chi connectivity index (χ1n) is 21.2. The summed E-state index contributed by atoms with van der Waals surface area (Å²) >= 11 is 0. The second kappa shape index (κ2) is 36.3. The Hall–Kier alpha value is -2.71. The molecule has 0 aliphatic rings. The summed E-state index contributed by atoms with van der Waals surface area (Å²) in [6.07, 6.45) is 41.4. The van der Waals surface area contributed by atoms with Crippen molar-refractivity contribution in [2.24, 2.45) is 0 Å². The number of esters is 2. The normalized spacial score (nSPS) is 13.5. The van der Waals surface area contributed by atoms with E-state index in [0.29, 0.717) is 12.8 Å². The lowest BCUT2D eigenvalue weighted by Gasteiger charge is -2.34. The number of carbonyl (C=O) groups is 3. The summed E-state index contributed by atoms with van der Waals surface area (Å²) in [6, 6.07) is -0.734. The highest BCUT2D eigenvalue weighted by atomic mass is 16.6. The van der Waals surface area contributed by atoms with E-state index in [4.69, 9.17) is 14.2 Å². The number of nitrogens with zero attached hydrogens (tertiary/aromatic N) is 1. The molecular formula is C45H79NO7. The minimum Gasteiger partial charge on any atom is -0.544 e. The quantitative estimate of drug-likeness (QED) is 0.0270. The van der Waals surface area contributed by atoms with E-state index in [1.807, 2.05) is 0 Å². The molecule has 0 aromatic heterocycles. The zero-order chi connectivity index (χ0) is 39.3. The summed E-state index contributed by atoms with van der Waals surface area (Å²) < 4.78 is 17.1. The Morgan fingerprint density at radius 3 is 1.53 bits per heavy atom. The lowest BCUT2D eigenvalue weighted by Crippen LogP contribution is -2.55. The topological polar surface area (TPSA) is 102 Å². The van der Waals surface area contributed by atoms with Crippen molar-refractivity contribution >= 4 is 17.9 Å². The van der Waals surface area contributed by atoms with Crippen LogP contribution in [0.25, 0.3) is 0 Å². The Labute approximate surface area is 325 Å². The molecule has 0 rings (SSSR count). The highest BCUT2D eigenvalue weighted by molar-refractivity contribution is 5.70. The molecule has 0 saturated heterocycles. The van der Waals surface area contributed by atoms with Crippen LogP contribution in [0.2, 0.25) is 0 Å². The summed E-state index contributed by atoms with van der Waals surface area (Å²) in [6.45, 7) is 4.56. The maximum atomic E-state index is 12.7. The van der Waals surface area contributed by atoms with Crippen LogP contribution in [0, 0.1) is 0 Å². The van der Waals surface area contributed by atoms with Crippen LogP contribution in [0.3, 0.4) is 0 Å². The van der Waals surface area contributed by atoms with Crippen LogP contribution in [0.4, 0.5) is 0 Å². The molecule has 0 N–H and O–H groups in total. The van der Waals surface area contributed by atoms with Crippen LogP contribution >= 0.6 is 0 Å². The van der Waals surface area contributed by atoms with E-state index in [-0.39, 0.29) is 49.1 Å². The molecular weight excluding hydrogens is 666 g/mol. The smallest absolute Gasteiger partial charge is 0.306 e. The number of aliphatic carboxylic acids is 1. The van der Waals surface area contributed by atoms with Crippen molar-refractivity contribution < 1.29 is 38.2 Å². The molecule has 8 heteroatoms. The predicted molar refractivity (Wildman–Crippen MR) is 217 cm³/mol. The number of rotatable bonds is 37. The number of carbonyl (C=O) groups excluding carboxylic acids is 3. The van der Waals surface area contributed by atoms with Gasteiger partial charge in [0.15, 0.2) is 6.10 Å². The van der Waals surface area contributed by atoms with Gasteiger partial charge in [-0.1, -0.05) is 146 Å². The molecule has 0 aliphatic carbocycles. The van der Waals surface area contributed by atoms with E-state index < -0.39 is 18.1 Å². The Morgan fingerprint density at radius 1 is 0.566 bits per heavy atom. The van der Waals surface area contributed by atoms with E-state index in [1.165, 1.54) is 83.5 Å². The average molecular weight is 746 g/mol. The monoisotopic (exact) mass is 746 g/mol. The van der Waals surface area contributed by atoms with Gasteiger partial charge >= 0.3 is 11.9 Å². The highest BCUT2D eigenvalue weighted by Gasteiger charge is 2.25. The molecule has 0 amide bonds. The third-order valence-corrected chi connectivity index (χ3v) is 9.22. The lowest BCUT2D eigenvalue weighted by atomic mass is 10.0. The van der Waals surface area contributed by atoms with E-state index in [0.717, 1.165) is 44.9 Å². The molecule has 53 heavy (non-hydrogen) atoms. The largest absolute Gasteiger partial charge is 0.544 e. The van der Waals surface area contributed by atoms with Crippen LogP contribution < -0.4 is 5.11 Å². The fourth-order valence-electron chi connectivity index (χ4n) is 5.89. The van der Waals surface area contributed by atoms with Crippen molar-refractivity contribution in [1.29, 1.82) is 0 Å². The summed E-state index contributed by atoms with van der Waals surface area (Å²) in [7, 11) is 5.38. The SMILES string of the molecule is CCCCC/C=C/C/C=C/C/C=C/C/C=C/CCCC(=O)OC(COCCC(C(=O)[O-])[N+](C)(C)C)COC(=O)CCCCCCCCCCCCCC. The van der Waals surface area contributed by atoms with Gasteiger partial charge in [0.1, 0.15) is 12.6 Å². The van der Waals surface area contributed by atoms with Gasteiger partial charge in [-0.3, -0.25) is 9.59 Å². The molecule has 0 aliphatic heterocycles. The molecule has 306 valence electrons. The number of likely N-dealkylation sites (N-methyl/N-ethyl adjacent to an activating group) is 1. The number of ether oxygens (including phenoxy) is 3. The fourth-order valence-corrected chi connectivity index (χ4v) is 5.89. The van der Waals surface area contributed by atoms with Crippen molar-refractivity contribution in [3.05, 3.63) is 48.6 Å². The summed E-state index contributed by atoms with van der Waals surface area (Å²) in [5.74, 6) is -1.81. The van der Waals surface area contributed by atoms with Gasteiger partial charge < -0.3 is 28.6 Å². The van der Waals surface area contributed by atoms with Gasteiger partial charge in [-0.05, 0) is 51.4 Å². The van der Waals surface area contributed by atoms with Gasteiger partial charge in [0.25, 0.3) is 0 Å². The molecule has 0 heterocycles. The third kappa shape index (κ3) is 34.8. The molecule has 0 spiro atoms. The molecule has 0 bridgehead atoms. The van der Waals surface area contributed by atoms with E-state index >= 15 is 0 Å². The maximum absolute atomic E-state index is 12.7. The van der Waals surface area contributed by atoms with Crippen molar-refractivity contribution in [2.45, 2.75) is 180 Å². The molecule has 2 unspecified atom stereocenters. The first kappa shape index (κ1) is 50.3. The third-order valence-electron chi connectivity index (χ3n) is 9.22. The van der Waals surface area contributed by atoms with Crippen LogP contribution in [0.15, 0.2) is 48.6 Å². The van der Waals surface area contributed by atoms with E-state index in [9.17, 15) is 19.5 Å². The van der Waals surface area contributed by atoms with E-state index in [2.05, 4.69) is 62.5 Å². The Balaban J connectivity index is 4.48. The van der Waals surface area contributed by atoms with Crippen molar-refractivity contribution in [3.63, 3.8) is 0 Å². The van der Waals surface area contributed by atoms with Crippen LogP contribution in [0.5, 0.6) is 0 Å². The summed E-state index contributed by atoms with van der Waals surface area (Å²) in [5, 5.41) is 11.6. The molecule has 0 aromatic carbocycles. The number of hydrogen-bond donors (Lipinski definition) is 0. The van der Waals surface area contributed by atoms with Crippen LogP contribution in [0.1, 0.15) is 168 Å². The standard InChI is InChI=1S/C45H79NO7/c1-6-8-10-12-14-16-18-20-21-22-23-24-26-28-30-32-34-36-44(48)53-41(39-51-38-37-42(45(49)50)46(3,4)5)40-52-43(47)35-33-31-29-27-25-19-17-15-13-11-9-7-2/h14,16,20-21,23-24,28,30,41-42H,6-13,15,17-19,22,25-27,29,31-40H2,1-5H3/b16-14+,21-20+,24-23+,30-28+. The number of unbranched alkanes of at least 4 members (excludes halogenated alkanes) is 15. The van der Waals surface area contributed by atoms with Gasteiger partial charge in [-0.2, -0.15) is 0 Å². The highest BCUT2D eigenvalue weighted by Crippen LogP contribution is 2.13. The van der Waals surface area contributed by atoms with Gasteiger partial charge in [0.05, 0.1) is 40.3 Å². The first-order chi connectivity index (χ1) is 25.6. The first-order valence-corrected chi connectivity index (χ1v) is 21.2.